The van der Waals surface area contributed by atoms with E-state index in [1.807, 2.05) is 6.11 Å². The van der Waals surface area contributed by atoms with E-state index in [1.54, 1.807) is 7.05 Å². The first-order valence-electron chi connectivity index (χ1n) is 1.71. The molecule has 0 aliphatic carbocycles. The summed E-state index contributed by atoms with van der Waals surface area (Å²) in [6.45, 7) is 0. The highest BCUT2D eigenvalue weighted by molar-refractivity contribution is 4.65. The first kappa shape index (κ1) is 6.28. The Balaban J connectivity index is 3.03. The van der Waals surface area contributed by atoms with E-state index in [0.29, 0.717) is 0 Å². The van der Waals surface area contributed by atoms with Crippen LogP contribution in [0.25, 0.3) is 0 Å². The molecule has 3 nitrogen and oxygen atoms in total. The zero-order valence-corrected chi connectivity index (χ0v) is 4.34. The first-order chi connectivity index (χ1) is 3.31. The highest BCUT2D eigenvalue weighted by Gasteiger charge is 1.85. The van der Waals surface area contributed by atoms with Crippen molar-refractivity contribution in [2.24, 2.45) is 0 Å². The third-order valence-corrected chi connectivity index (χ3v) is 0.438. The Labute approximate surface area is 42.7 Å². The van der Waals surface area contributed by atoms with Crippen molar-refractivity contribution in [2.75, 3.05) is 14.2 Å². The molecule has 0 fully saturated rings. The van der Waals surface area contributed by atoms with Crippen LogP contribution in [0.5, 0.6) is 0 Å². The maximum atomic E-state index is 4.71. The summed E-state index contributed by atoms with van der Waals surface area (Å²) in [6.07, 6.45) is 6.63. The molecule has 0 atom stereocenters. The molecule has 0 unspecified atom stereocenters. The monoisotopic (exact) mass is 101 g/mol. The van der Waals surface area contributed by atoms with Gasteiger partial charge in [-0.2, -0.15) is 0 Å². The van der Waals surface area contributed by atoms with Gasteiger partial charge in [-0.25, -0.2) is 0 Å². The molecule has 0 aromatic carbocycles. The van der Waals surface area contributed by atoms with Crippen molar-refractivity contribution in [1.29, 1.82) is 0 Å². The molecule has 0 saturated heterocycles. The normalized spacial score (nSPS) is 8.29. The van der Waals surface area contributed by atoms with Gasteiger partial charge >= 0.3 is 0 Å². The van der Waals surface area contributed by atoms with Gasteiger partial charge in [0.2, 0.25) is 0 Å². The largest absolute Gasteiger partial charge is 0.328 e. The van der Waals surface area contributed by atoms with Gasteiger partial charge < -0.3 is 4.84 Å². The quantitative estimate of drug-likeness (QED) is 0.361. The summed E-state index contributed by atoms with van der Waals surface area (Å²) in [7, 11) is 3.01. The Kier molecular flexibility index (Phi) is 3.11. The minimum Gasteiger partial charge on any atom is -0.328 e. The SMILES string of the molecule is C#CON(C)OC. The Bertz CT molecular complexity index is 76.2. The molecule has 0 N–H and O–H groups in total. The van der Waals surface area contributed by atoms with Gasteiger partial charge in [0.15, 0.2) is 0 Å². The van der Waals surface area contributed by atoms with Gasteiger partial charge in [0, 0.05) is 0 Å². The molecule has 3 heteroatoms. The molecule has 0 spiro atoms. The van der Waals surface area contributed by atoms with Gasteiger partial charge in [-0.05, 0) is 5.23 Å². The van der Waals surface area contributed by atoms with Crippen LogP contribution in [-0.4, -0.2) is 19.4 Å². The molecular weight excluding hydrogens is 94.0 g/mol. The van der Waals surface area contributed by atoms with E-state index in [4.69, 9.17) is 6.42 Å². The zero-order valence-electron chi connectivity index (χ0n) is 4.34. The van der Waals surface area contributed by atoms with E-state index in [1.165, 1.54) is 7.11 Å². The van der Waals surface area contributed by atoms with Crippen LogP contribution in [0.15, 0.2) is 0 Å². The van der Waals surface area contributed by atoms with E-state index >= 15 is 0 Å². The molecule has 0 bridgehead atoms. The van der Waals surface area contributed by atoms with Crippen LogP contribution in [0.4, 0.5) is 0 Å². The third-order valence-electron chi connectivity index (χ3n) is 0.438. The van der Waals surface area contributed by atoms with Crippen LogP contribution in [0.1, 0.15) is 0 Å². The Morgan fingerprint density at radius 2 is 2.29 bits per heavy atom. The summed E-state index contributed by atoms with van der Waals surface area (Å²) < 4.78 is 0. The fourth-order valence-corrected chi connectivity index (χ4v) is 0.111. The fraction of sp³-hybridized carbons (Fsp3) is 0.500. The highest BCUT2D eigenvalue weighted by Crippen LogP contribution is 1.77. The van der Waals surface area contributed by atoms with Crippen LogP contribution in [-0.2, 0) is 9.68 Å². The second-order valence-corrected chi connectivity index (χ2v) is 0.831. The standard InChI is InChI=1S/C4H7NO2/c1-4-7-5(2)6-3/h1H,2-3H3. The smallest absolute Gasteiger partial charge is 0.137 e. The number of hydroxylamine groups is 2. The molecule has 0 aliphatic rings. The Hall–Kier alpha value is -0.720. The van der Waals surface area contributed by atoms with Crippen molar-refractivity contribution in [3.05, 3.63) is 0 Å². The summed E-state index contributed by atoms with van der Waals surface area (Å²) in [5.74, 6) is 0. The molecule has 0 aromatic heterocycles. The van der Waals surface area contributed by atoms with Crippen molar-refractivity contribution >= 4 is 0 Å². The number of nitrogens with zero attached hydrogens (tertiary/aromatic N) is 1. The minimum atomic E-state index is 1.07. The second-order valence-electron chi connectivity index (χ2n) is 0.831. The predicted octanol–water partition coefficient (Wildman–Crippen LogP) is 0.00190. The minimum absolute atomic E-state index is 1.07. The van der Waals surface area contributed by atoms with Crippen molar-refractivity contribution < 1.29 is 9.68 Å². The number of terminal acetylenes is 1. The molecule has 7 heavy (non-hydrogen) atoms. The van der Waals surface area contributed by atoms with Gasteiger partial charge in [0.25, 0.3) is 0 Å². The highest BCUT2D eigenvalue weighted by atomic mass is 16.9. The van der Waals surface area contributed by atoms with E-state index in [0.717, 1.165) is 5.23 Å². The van der Waals surface area contributed by atoms with Crippen LogP contribution < -0.4 is 0 Å². The van der Waals surface area contributed by atoms with Crippen LogP contribution in [0.3, 0.4) is 0 Å². The van der Waals surface area contributed by atoms with Crippen LogP contribution in [0, 0.1) is 12.5 Å². The number of hydrogen-bond acceptors (Lipinski definition) is 3. The third kappa shape index (κ3) is 3.10. The average Bonchev–Trinajstić information content (AvgIpc) is 1.68. The predicted molar refractivity (Wildman–Crippen MR) is 24.7 cm³/mol. The van der Waals surface area contributed by atoms with E-state index < -0.39 is 0 Å². The van der Waals surface area contributed by atoms with Gasteiger partial charge in [-0.3, -0.25) is 4.84 Å². The Morgan fingerprint density at radius 1 is 1.71 bits per heavy atom. The summed E-state index contributed by atoms with van der Waals surface area (Å²) in [5.41, 5.74) is 0. The van der Waals surface area contributed by atoms with Gasteiger partial charge in [0.05, 0.1) is 14.2 Å². The van der Waals surface area contributed by atoms with Crippen molar-refractivity contribution in [2.45, 2.75) is 0 Å². The molecule has 0 radical (unpaired) electrons. The number of rotatable bonds is 2. The fourth-order valence-electron chi connectivity index (χ4n) is 0.111. The molecule has 40 valence electrons. The lowest BCUT2D eigenvalue weighted by Gasteiger charge is -2.05. The first-order valence-corrected chi connectivity index (χ1v) is 1.71. The molecule has 0 aromatic rings. The van der Waals surface area contributed by atoms with Crippen LogP contribution in [0.2, 0.25) is 0 Å². The maximum absolute atomic E-state index is 4.71. The average molecular weight is 101 g/mol. The zero-order chi connectivity index (χ0) is 5.70. The summed E-state index contributed by atoms with van der Waals surface area (Å²) in [4.78, 5) is 8.79. The number of hydrogen-bond donors (Lipinski definition) is 0. The van der Waals surface area contributed by atoms with Gasteiger partial charge in [-0.1, -0.05) is 6.42 Å². The van der Waals surface area contributed by atoms with E-state index in [2.05, 4.69) is 9.68 Å². The molecule has 0 aliphatic heterocycles. The second kappa shape index (κ2) is 3.47. The van der Waals surface area contributed by atoms with Gasteiger partial charge in [-0.15, -0.1) is 0 Å². The van der Waals surface area contributed by atoms with Crippen molar-refractivity contribution in [3.63, 3.8) is 0 Å². The van der Waals surface area contributed by atoms with E-state index in [9.17, 15) is 0 Å². The topological polar surface area (TPSA) is 21.7 Å². The molecule has 0 amide bonds. The Morgan fingerprint density at radius 3 is 2.43 bits per heavy atom. The van der Waals surface area contributed by atoms with Gasteiger partial charge in [0.1, 0.15) is 6.11 Å². The van der Waals surface area contributed by atoms with Crippen molar-refractivity contribution in [3.8, 4) is 12.5 Å². The summed E-state index contributed by atoms with van der Waals surface area (Å²) in [6, 6.07) is 0. The lowest BCUT2D eigenvalue weighted by Crippen LogP contribution is -2.13. The summed E-state index contributed by atoms with van der Waals surface area (Å²) in [5, 5.41) is 1.07. The maximum Gasteiger partial charge on any atom is 0.137 e. The molecule has 0 saturated carbocycles. The molecular formula is C4H7NO2. The van der Waals surface area contributed by atoms with E-state index in [-0.39, 0.29) is 0 Å². The molecule has 0 rings (SSSR count). The van der Waals surface area contributed by atoms with Crippen LogP contribution >= 0.6 is 0 Å². The lowest BCUT2D eigenvalue weighted by atomic mass is 11.3. The lowest BCUT2D eigenvalue weighted by molar-refractivity contribution is -0.303. The van der Waals surface area contributed by atoms with Crippen molar-refractivity contribution in [1.82, 2.24) is 5.23 Å². The summed E-state index contributed by atoms with van der Waals surface area (Å²) >= 11 is 0. The molecule has 0 heterocycles.